The minimum absolute atomic E-state index is 0. The Labute approximate surface area is 136 Å². The van der Waals surface area contributed by atoms with Crippen LogP contribution in [0.3, 0.4) is 0 Å². The van der Waals surface area contributed by atoms with E-state index in [0.717, 1.165) is 5.56 Å². The van der Waals surface area contributed by atoms with Crippen LogP contribution in [0.15, 0.2) is 24.3 Å². The third-order valence-electron chi connectivity index (χ3n) is 3.92. The number of hydrogen-bond acceptors (Lipinski definition) is 2. The summed E-state index contributed by atoms with van der Waals surface area (Å²) in [5.41, 5.74) is 1.33. The standard InChI is InChI=1S/C16H23F3N2.ClH/c1-15(2,3)13-6-4-12(5-7-13)14(16(17,18)19)21-10-8-20-9-11-21;/h4-7,14,20H,8-11H2,1-3H3;1H/t14-;/m1./s1. The maximum absolute atomic E-state index is 13.5. The van der Waals surface area contributed by atoms with E-state index in [1.54, 1.807) is 12.1 Å². The molecule has 0 saturated carbocycles. The molecule has 2 nitrogen and oxygen atoms in total. The summed E-state index contributed by atoms with van der Waals surface area (Å²) in [6, 6.07) is 5.38. The predicted octanol–water partition coefficient (Wildman–Crippen LogP) is 3.91. The third-order valence-corrected chi connectivity index (χ3v) is 3.92. The van der Waals surface area contributed by atoms with Gasteiger partial charge < -0.3 is 5.32 Å². The number of piperazine rings is 1. The number of alkyl halides is 3. The van der Waals surface area contributed by atoms with Crippen LogP contribution < -0.4 is 5.32 Å². The minimum Gasteiger partial charge on any atom is -0.314 e. The Morgan fingerprint density at radius 2 is 1.50 bits per heavy atom. The summed E-state index contributed by atoms with van der Waals surface area (Å²) in [6.07, 6.45) is -4.25. The summed E-state index contributed by atoms with van der Waals surface area (Å²) < 4.78 is 40.4. The van der Waals surface area contributed by atoms with Crippen molar-refractivity contribution < 1.29 is 13.2 Å². The van der Waals surface area contributed by atoms with E-state index in [0.29, 0.717) is 31.7 Å². The highest BCUT2D eigenvalue weighted by Crippen LogP contribution is 2.38. The van der Waals surface area contributed by atoms with E-state index in [4.69, 9.17) is 0 Å². The largest absolute Gasteiger partial charge is 0.408 e. The molecular formula is C16H24ClF3N2. The summed E-state index contributed by atoms with van der Waals surface area (Å²) in [6.45, 7) is 8.22. The first-order valence-electron chi connectivity index (χ1n) is 7.31. The predicted molar refractivity (Wildman–Crippen MR) is 85.6 cm³/mol. The van der Waals surface area contributed by atoms with Gasteiger partial charge in [0.2, 0.25) is 0 Å². The third kappa shape index (κ3) is 4.61. The monoisotopic (exact) mass is 336 g/mol. The fraction of sp³-hybridized carbons (Fsp3) is 0.625. The molecule has 1 aliphatic heterocycles. The highest BCUT2D eigenvalue weighted by atomic mass is 35.5. The summed E-state index contributed by atoms with van der Waals surface area (Å²) in [5.74, 6) is 0. The van der Waals surface area contributed by atoms with E-state index in [1.807, 2.05) is 12.1 Å². The summed E-state index contributed by atoms with van der Waals surface area (Å²) in [5, 5.41) is 3.09. The van der Waals surface area contributed by atoms with Gasteiger partial charge in [-0.05, 0) is 16.5 Å². The molecule has 1 saturated heterocycles. The summed E-state index contributed by atoms with van der Waals surface area (Å²) in [4.78, 5) is 1.52. The molecule has 0 radical (unpaired) electrons. The lowest BCUT2D eigenvalue weighted by Crippen LogP contribution is -2.49. The van der Waals surface area contributed by atoms with Crippen molar-refractivity contribution in [3.05, 3.63) is 35.4 Å². The minimum atomic E-state index is -4.25. The second-order valence-corrected chi connectivity index (χ2v) is 6.60. The van der Waals surface area contributed by atoms with Crippen molar-refractivity contribution in [1.82, 2.24) is 10.2 Å². The van der Waals surface area contributed by atoms with E-state index in [-0.39, 0.29) is 17.8 Å². The van der Waals surface area contributed by atoms with E-state index >= 15 is 0 Å². The Morgan fingerprint density at radius 3 is 1.91 bits per heavy atom. The molecule has 0 amide bonds. The van der Waals surface area contributed by atoms with Gasteiger partial charge in [-0.25, -0.2) is 0 Å². The fourth-order valence-electron chi connectivity index (χ4n) is 2.71. The Morgan fingerprint density at radius 1 is 1.00 bits per heavy atom. The van der Waals surface area contributed by atoms with Gasteiger partial charge in [-0.2, -0.15) is 13.2 Å². The normalized spacial score (nSPS) is 18.6. The van der Waals surface area contributed by atoms with Gasteiger partial charge >= 0.3 is 6.18 Å². The highest BCUT2D eigenvalue weighted by molar-refractivity contribution is 5.85. The Kier molecular flexibility index (Phi) is 6.30. The number of nitrogens with one attached hydrogen (secondary N) is 1. The van der Waals surface area contributed by atoms with Crippen molar-refractivity contribution in [2.75, 3.05) is 26.2 Å². The Bertz CT molecular complexity index is 460. The van der Waals surface area contributed by atoms with E-state index in [9.17, 15) is 13.2 Å². The van der Waals surface area contributed by atoms with Crippen LogP contribution in [0.5, 0.6) is 0 Å². The van der Waals surface area contributed by atoms with Crippen LogP contribution in [-0.2, 0) is 5.41 Å². The zero-order valence-electron chi connectivity index (χ0n) is 13.2. The molecule has 0 unspecified atom stereocenters. The van der Waals surface area contributed by atoms with E-state index in [1.165, 1.54) is 4.90 Å². The number of benzene rings is 1. The quantitative estimate of drug-likeness (QED) is 0.880. The first-order valence-corrected chi connectivity index (χ1v) is 7.31. The topological polar surface area (TPSA) is 15.3 Å². The lowest BCUT2D eigenvalue weighted by molar-refractivity contribution is -0.187. The van der Waals surface area contributed by atoms with Crippen molar-refractivity contribution in [1.29, 1.82) is 0 Å². The van der Waals surface area contributed by atoms with Gasteiger partial charge in [0.1, 0.15) is 6.04 Å². The molecule has 0 bridgehead atoms. The van der Waals surface area contributed by atoms with Gasteiger partial charge in [0.15, 0.2) is 0 Å². The van der Waals surface area contributed by atoms with Crippen molar-refractivity contribution in [3.8, 4) is 0 Å². The molecular weight excluding hydrogens is 313 g/mol. The SMILES string of the molecule is CC(C)(C)c1ccc([C@@H](N2CCNCC2)C(F)(F)F)cc1.Cl. The van der Waals surface area contributed by atoms with Crippen LogP contribution >= 0.6 is 12.4 Å². The summed E-state index contributed by atoms with van der Waals surface area (Å²) in [7, 11) is 0. The lowest BCUT2D eigenvalue weighted by Gasteiger charge is -2.36. The Hall–Kier alpha value is -0.780. The zero-order chi connectivity index (χ0) is 15.7. The number of halogens is 4. The smallest absolute Gasteiger partial charge is 0.314 e. The number of hydrogen-bond donors (Lipinski definition) is 1. The van der Waals surface area contributed by atoms with E-state index < -0.39 is 12.2 Å². The summed E-state index contributed by atoms with van der Waals surface area (Å²) >= 11 is 0. The van der Waals surface area contributed by atoms with Crippen LogP contribution in [0.2, 0.25) is 0 Å². The number of nitrogens with zero attached hydrogens (tertiary/aromatic N) is 1. The molecule has 22 heavy (non-hydrogen) atoms. The van der Waals surface area contributed by atoms with Crippen molar-refractivity contribution in [2.45, 2.75) is 38.4 Å². The molecule has 1 aliphatic rings. The molecule has 1 atom stereocenters. The van der Waals surface area contributed by atoms with Gasteiger partial charge in [-0.15, -0.1) is 12.4 Å². The lowest BCUT2D eigenvalue weighted by atomic mass is 9.86. The molecule has 1 N–H and O–H groups in total. The maximum Gasteiger partial charge on any atom is 0.408 e. The maximum atomic E-state index is 13.5. The van der Waals surface area contributed by atoms with Crippen molar-refractivity contribution in [3.63, 3.8) is 0 Å². The average Bonchev–Trinajstić information content (AvgIpc) is 2.38. The van der Waals surface area contributed by atoms with Crippen molar-refractivity contribution >= 4 is 12.4 Å². The van der Waals surface area contributed by atoms with Crippen molar-refractivity contribution in [2.24, 2.45) is 0 Å². The van der Waals surface area contributed by atoms with Crippen LogP contribution in [0.25, 0.3) is 0 Å². The van der Waals surface area contributed by atoms with Crippen LogP contribution in [0.1, 0.15) is 37.9 Å². The van der Waals surface area contributed by atoms with Gasteiger partial charge in [0, 0.05) is 26.2 Å². The second kappa shape index (κ2) is 7.20. The first kappa shape index (κ1) is 19.3. The first-order chi connectivity index (χ1) is 9.69. The molecule has 6 heteroatoms. The fourth-order valence-corrected chi connectivity index (χ4v) is 2.71. The molecule has 0 aliphatic carbocycles. The van der Waals surface area contributed by atoms with Crippen LogP contribution in [0, 0.1) is 0 Å². The average molecular weight is 337 g/mol. The zero-order valence-corrected chi connectivity index (χ0v) is 14.0. The van der Waals surface area contributed by atoms with Gasteiger partial charge in [0.05, 0.1) is 0 Å². The second-order valence-electron chi connectivity index (χ2n) is 6.60. The van der Waals surface area contributed by atoms with Gasteiger partial charge in [0.25, 0.3) is 0 Å². The van der Waals surface area contributed by atoms with Gasteiger partial charge in [-0.1, -0.05) is 45.0 Å². The van der Waals surface area contributed by atoms with Crippen LogP contribution in [-0.4, -0.2) is 37.3 Å². The van der Waals surface area contributed by atoms with E-state index in [2.05, 4.69) is 26.1 Å². The molecule has 1 aromatic rings. The molecule has 1 aromatic carbocycles. The molecule has 126 valence electrons. The highest BCUT2D eigenvalue weighted by Gasteiger charge is 2.44. The molecule has 1 heterocycles. The molecule has 2 rings (SSSR count). The molecule has 1 fully saturated rings. The molecule has 0 aromatic heterocycles. The number of rotatable bonds is 2. The molecule has 0 spiro atoms. The van der Waals surface area contributed by atoms with Crippen LogP contribution in [0.4, 0.5) is 13.2 Å². The Balaban J connectivity index is 0.00000242. The van der Waals surface area contributed by atoms with Gasteiger partial charge in [-0.3, -0.25) is 4.90 Å².